The maximum atomic E-state index is 12.7. The summed E-state index contributed by atoms with van der Waals surface area (Å²) in [6.45, 7) is 5.18. The highest BCUT2D eigenvalue weighted by Crippen LogP contribution is 2.29. The van der Waals surface area contributed by atoms with Crippen LogP contribution in [-0.2, 0) is 11.2 Å². The monoisotopic (exact) mass is 383 g/mol. The Morgan fingerprint density at radius 3 is 2.96 bits per heavy atom. The van der Waals surface area contributed by atoms with Crippen molar-refractivity contribution in [1.29, 1.82) is 0 Å². The van der Waals surface area contributed by atoms with Crippen LogP contribution < -0.4 is 0 Å². The Labute approximate surface area is 161 Å². The third kappa shape index (κ3) is 3.90. The van der Waals surface area contributed by atoms with Gasteiger partial charge in [0, 0.05) is 24.7 Å². The lowest BCUT2D eigenvalue weighted by Crippen LogP contribution is -2.40. The Bertz CT molecular complexity index is 937. The lowest BCUT2D eigenvalue weighted by Gasteiger charge is -2.32. The number of likely N-dealkylation sites (tertiary alicyclic amines) is 1. The summed E-state index contributed by atoms with van der Waals surface area (Å²) >= 11 is 1.67. The van der Waals surface area contributed by atoms with Gasteiger partial charge in [0.05, 0.1) is 17.0 Å². The fourth-order valence-corrected chi connectivity index (χ4v) is 4.09. The summed E-state index contributed by atoms with van der Waals surface area (Å²) in [5.74, 6) is 1.03. The van der Waals surface area contributed by atoms with E-state index in [9.17, 15) is 4.79 Å². The second kappa shape index (κ2) is 7.56. The van der Waals surface area contributed by atoms with Crippen molar-refractivity contribution >= 4 is 17.2 Å². The first-order valence-corrected chi connectivity index (χ1v) is 9.93. The number of aryl methyl sites for hydroxylation is 2. The minimum absolute atomic E-state index is 0.0460. The molecule has 1 amide bonds. The third-order valence-electron chi connectivity index (χ3n) is 4.85. The van der Waals surface area contributed by atoms with Crippen LogP contribution in [0.3, 0.4) is 0 Å². The van der Waals surface area contributed by atoms with Gasteiger partial charge in [-0.05, 0) is 44.2 Å². The topological polar surface area (TPSA) is 85.0 Å². The Hall–Kier alpha value is -2.61. The highest BCUT2D eigenvalue weighted by Gasteiger charge is 2.28. The van der Waals surface area contributed by atoms with Crippen molar-refractivity contribution in [1.82, 2.24) is 25.2 Å². The van der Waals surface area contributed by atoms with Crippen LogP contribution in [0.2, 0.25) is 0 Å². The zero-order chi connectivity index (χ0) is 18.8. The Morgan fingerprint density at radius 1 is 1.33 bits per heavy atom. The second-order valence-corrected chi connectivity index (χ2v) is 7.83. The molecule has 0 spiro atoms. The molecule has 8 heteroatoms. The summed E-state index contributed by atoms with van der Waals surface area (Å²) in [5, 5.41) is 9.62. The van der Waals surface area contributed by atoms with Crippen LogP contribution in [0.1, 0.15) is 41.7 Å². The van der Waals surface area contributed by atoms with E-state index in [1.807, 2.05) is 29.3 Å². The highest BCUT2D eigenvalue weighted by atomic mass is 32.1. The normalized spacial score (nSPS) is 17.3. The van der Waals surface area contributed by atoms with Crippen molar-refractivity contribution in [2.45, 2.75) is 39.0 Å². The standard InChI is InChI=1S/C19H21N5O2S/c1-12-9-16(17-6-4-8-27-17)21-19(20-12)14-5-3-7-24(11-14)18(25)10-15-13(2)22-26-23-15/h4,6,8-9,14H,3,5,7,10-11H2,1-2H3/t14-/m1/s1. The zero-order valence-corrected chi connectivity index (χ0v) is 16.2. The van der Waals surface area contributed by atoms with Gasteiger partial charge < -0.3 is 4.90 Å². The molecule has 4 heterocycles. The van der Waals surface area contributed by atoms with E-state index in [1.165, 1.54) is 0 Å². The van der Waals surface area contributed by atoms with Gasteiger partial charge in [0.15, 0.2) is 0 Å². The van der Waals surface area contributed by atoms with Crippen LogP contribution >= 0.6 is 11.3 Å². The van der Waals surface area contributed by atoms with Crippen molar-refractivity contribution in [3.8, 4) is 10.6 Å². The first-order chi connectivity index (χ1) is 13.1. The molecule has 0 unspecified atom stereocenters. The van der Waals surface area contributed by atoms with Gasteiger partial charge in [0.2, 0.25) is 5.91 Å². The van der Waals surface area contributed by atoms with E-state index in [0.717, 1.165) is 41.5 Å². The van der Waals surface area contributed by atoms with Crippen molar-refractivity contribution in [2.24, 2.45) is 0 Å². The van der Waals surface area contributed by atoms with Gasteiger partial charge in [-0.1, -0.05) is 16.4 Å². The molecule has 1 aliphatic rings. The summed E-state index contributed by atoms with van der Waals surface area (Å²) in [4.78, 5) is 25.2. The first kappa shape index (κ1) is 17.8. The van der Waals surface area contributed by atoms with Crippen LogP contribution in [0.5, 0.6) is 0 Å². The zero-order valence-electron chi connectivity index (χ0n) is 15.4. The molecule has 1 saturated heterocycles. The van der Waals surface area contributed by atoms with E-state index in [4.69, 9.17) is 9.61 Å². The molecule has 0 N–H and O–H groups in total. The SMILES string of the molecule is Cc1cc(-c2cccs2)nc([C@@H]2CCCN(C(=O)Cc3nonc3C)C2)n1. The van der Waals surface area contributed by atoms with Gasteiger partial charge in [-0.2, -0.15) is 0 Å². The predicted octanol–water partition coefficient (Wildman–Crippen LogP) is 3.15. The second-order valence-electron chi connectivity index (χ2n) is 6.88. The number of rotatable bonds is 4. The van der Waals surface area contributed by atoms with Gasteiger partial charge in [0.25, 0.3) is 0 Å². The molecule has 4 rings (SSSR count). The number of aromatic nitrogens is 4. The van der Waals surface area contributed by atoms with Crippen LogP contribution in [0.15, 0.2) is 28.2 Å². The summed E-state index contributed by atoms with van der Waals surface area (Å²) in [6, 6.07) is 6.11. The molecule has 1 aliphatic heterocycles. The molecule has 7 nitrogen and oxygen atoms in total. The van der Waals surface area contributed by atoms with Gasteiger partial charge in [0.1, 0.15) is 17.2 Å². The molecular weight excluding hydrogens is 362 g/mol. The van der Waals surface area contributed by atoms with Crippen LogP contribution in [0.4, 0.5) is 0 Å². The van der Waals surface area contributed by atoms with E-state index >= 15 is 0 Å². The molecule has 1 atom stereocenters. The number of hydrogen-bond acceptors (Lipinski definition) is 7. The largest absolute Gasteiger partial charge is 0.342 e. The fourth-order valence-electron chi connectivity index (χ4n) is 3.40. The number of carbonyl (C=O) groups excluding carboxylic acids is 1. The third-order valence-corrected chi connectivity index (χ3v) is 5.74. The van der Waals surface area contributed by atoms with E-state index in [0.29, 0.717) is 17.9 Å². The summed E-state index contributed by atoms with van der Waals surface area (Å²) < 4.78 is 4.70. The molecule has 0 radical (unpaired) electrons. The molecule has 140 valence electrons. The number of piperidine rings is 1. The van der Waals surface area contributed by atoms with E-state index < -0.39 is 0 Å². The number of hydrogen-bond donors (Lipinski definition) is 0. The molecular formula is C19H21N5O2S. The van der Waals surface area contributed by atoms with Crippen molar-refractivity contribution < 1.29 is 9.42 Å². The molecule has 0 saturated carbocycles. The van der Waals surface area contributed by atoms with Gasteiger partial charge >= 0.3 is 0 Å². The van der Waals surface area contributed by atoms with Gasteiger partial charge in [-0.15, -0.1) is 11.3 Å². The number of thiophene rings is 1. The van der Waals surface area contributed by atoms with Gasteiger partial charge in [-0.25, -0.2) is 14.6 Å². The van der Waals surface area contributed by atoms with Crippen molar-refractivity contribution in [3.05, 3.63) is 46.5 Å². The number of carbonyl (C=O) groups is 1. The lowest BCUT2D eigenvalue weighted by molar-refractivity contribution is -0.131. The first-order valence-electron chi connectivity index (χ1n) is 9.05. The van der Waals surface area contributed by atoms with E-state index in [1.54, 1.807) is 18.3 Å². The minimum Gasteiger partial charge on any atom is -0.342 e. The minimum atomic E-state index is 0.0460. The van der Waals surface area contributed by atoms with Gasteiger partial charge in [-0.3, -0.25) is 4.79 Å². The molecule has 1 fully saturated rings. The molecule has 0 aliphatic carbocycles. The highest BCUT2D eigenvalue weighted by molar-refractivity contribution is 7.13. The van der Waals surface area contributed by atoms with Crippen LogP contribution in [-0.4, -0.2) is 44.2 Å². The molecule has 0 aromatic carbocycles. The lowest BCUT2D eigenvalue weighted by atomic mass is 9.96. The average Bonchev–Trinajstić information content (AvgIpc) is 3.34. The Kier molecular flexibility index (Phi) is 4.98. The molecule has 3 aromatic heterocycles. The molecule has 3 aromatic rings. The predicted molar refractivity (Wildman–Crippen MR) is 101 cm³/mol. The summed E-state index contributed by atoms with van der Waals surface area (Å²) in [6.07, 6.45) is 2.15. The Balaban J connectivity index is 1.51. The van der Waals surface area contributed by atoms with Crippen LogP contribution in [0, 0.1) is 13.8 Å². The number of amides is 1. The fraction of sp³-hybridized carbons (Fsp3) is 0.421. The van der Waals surface area contributed by atoms with Crippen molar-refractivity contribution in [2.75, 3.05) is 13.1 Å². The van der Waals surface area contributed by atoms with E-state index in [2.05, 4.69) is 21.4 Å². The average molecular weight is 383 g/mol. The summed E-state index contributed by atoms with van der Waals surface area (Å²) in [5.41, 5.74) is 3.19. The number of nitrogens with zero attached hydrogens (tertiary/aromatic N) is 5. The maximum Gasteiger partial charge on any atom is 0.228 e. The smallest absolute Gasteiger partial charge is 0.228 e. The summed E-state index contributed by atoms with van der Waals surface area (Å²) in [7, 11) is 0. The molecule has 0 bridgehead atoms. The molecule has 27 heavy (non-hydrogen) atoms. The van der Waals surface area contributed by atoms with E-state index in [-0.39, 0.29) is 18.2 Å². The van der Waals surface area contributed by atoms with Crippen LogP contribution in [0.25, 0.3) is 10.6 Å². The van der Waals surface area contributed by atoms with Crippen molar-refractivity contribution in [3.63, 3.8) is 0 Å². The maximum absolute atomic E-state index is 12.7. The Morgan fingerprint density at radius 2 is 2.22 bits per heavy atom. The quantitative estimate of drug-likeness (QED) is 0.688.